The van der Waals surface area contributed by atoms with E-state index in [1.807, 2.05) is 55.5 Å². The number of hydrazine groups is 1. The minimum absolute atomic E-state index is 0.244. The minimum atomic E-state index is -0.471. The third-order valence-corrected chi connectivity index (χ3v) is 6.44. The van der Waals surface area contributed by atoms with E-state index in [0.717, 1.165) is 33.5 Å². The summed E-state index contributed by atoms with van der Waals surface area (Å²) in [4.78, 5) is 25.8. The molecule has 166 valence electrons. The Bertz CT molecular complexity index is 1280. The maximum Gasteiger partial charge on any atom is 0.285 e. The van der Waals surface area contributed by atoms with Crippen molar-refractivity contribution in [3.8, 4) is 5.75 Å². The first-order chi connectivity index (χ1) is 15.9. The zero-order valence-electron chi connectivity index (χ0n) is 17.6. The largest absolute Gasteiger partial charge is 0.489 e. The SMILES string of the molecule is Cc1ccccc1COc1cccc(/C=C2/SC(=S)N(NC(=O)c3cccc(Cl)c3)C2=O)c1. The summed E-state index contributed by atoms with van der Waals surface area (Å²) in [6.45, 7) is 2.50. The Morgan fingerprint density at radius 1 is 1.12 bits per heavy atom. The molecule has 0 spiro atoms. The van der Waals surface area contributed by atoms with Crippen molar-refractivity contribution < 1.29 is 14.3 Å². The maximum absolute atomic E-state index is 12.9. The summed E-state index contributed by atoms with van der Waals surface area (Å²) < 4.78 is 6.18. The quantitative estimate of drug-likeness (QED) is 0.348. The van der Waals surface area contributed by atoms with E-state index in [0.29, 0.717) is 27.8 Å². The fraction of sp³-hybridized carbons (Fsp3) is 0.0800. The Morgan fingerprint density at radius 3 is 2.70 bits per heavy atom. The van der Waals surface area contributed by atoms with E-state index >= 15 is 0 Å². The molecule has 1 aliphatic heterocycles. The Morgan fingerprint density at radius 2 is 1.91 bits per heavy atom. The van der Waals surface area contributed by atoms with Crippen LogP contribution in [0.3, 0.4) is 0 Å². The van der Waals surface area contributed by atoms with E-state index in [1.165, 1.54) is 6.07 Å². The topological polar surface area (TPSA) is 58.6 Å². The molecular weight excluding hydrogens is 476 g/mol. The molecule has 1 N–H and O–H groups in total. The van der Waals surface area contributed by atoms with Crippen LogP contribution in [0, 0.1) is 6.92 Å². The summed E-state index contributed by atoms with van der Waals surface area (Å²) in [6, 6.07) is 22.0. The summed E-state index contributed by atoms with van der Waals surface area (Å²) in [5.74, 6) is -0.176. The summed E-state index contributed by atoms with van der Waals surface area (Å²) >= 11 is 12.4. The average Bonchev–Trinajstić information content (AvgIpc) is 3.06. The zero-order valence-corrected chi connectivity index (χ0v) is 20.0. The van der Waals surface area contributed by atoms with E-state index in [-0.39, 0.29) is 4.32 Å². The number of thiocarbonyl (C=S) groups is 1. The highest BCUT2D eigenvalue weighted by Gasteiger charge is 2.33. The molecule has 4 rings (SSSR count). The molecule has 0 saturated carbocycles. The van der Waals surface area contributed by atoms with E-state index in [9.17, 15) is 9.59 Å². The maximum atomic E-state index is 12.9. The van der Waals surface area contributed by atoms with Crippen molar-refractivity contribution in [1.82, 2.24) is 10.4 Å². The second-order valence-electron chi connectivity index (χ2n) is 7.26. The number of aryl methyl sites for hydroxylation is 1. The van der Waals surface area contributed by atoms with Gasteiger partial charge >= 0.3 is 0 Å². The molecule has 3 aromatic rings. The second kappa shape index (κ2) is 10.2. The molecule has 2 amide bonds. The van der Waals surface area contributed by atoms with Crippen molar-refractivity contribution in [3.05, 3.63) is 105 Å². The minimum Gasteiger partial charge on any atom is -0.489 e. The normalized spacial score (nSPS) is 14.6. The first kappa shape index (κ1) is 23.0. The van der Waals surface area contributed by atoms with Crippen molar-refractivity contribution in [3.63, 3.8) is 0 Å². The van der Waals surface area contributed by atoms with Crippen LogP contribution in [0.5, 0.6) is 5.75 Å². The molecular formula is C25H19ClN2O3S2. The van der Waals surface area contributed by atoms with Crippen LogP contribution in [0.2, 0.25) is 5.02 Å². The number of hydrogen-bond acceptors (Lipinski definition) is 5. The highest BCUT2D eigenvalue weighted by molar-refractivity contribution is 8.26. The predicted octanol–water partition coefficient (Wildman–Crippen LogP) is 5.77. The summed E-state index contributed by atoms with van der Waals surface area (Å²) in [6.07, 6.45) is 1.73. The van der Waals surface area contributed by atoms with E-state index in [1.54, 1.807) is 24.3 Å². The molecule has 1 heterocycles. The summed E-state index contributed by atoms with van der Waals surface area (Å²) in [7, 11) is 0. The van der Waals surface area contributed by atoms with Crippen molar-refractivity contribution in [2.24, 2.45) is 0 Å². The van der Waals surface area contributed by atoms with Crippen molar-refractivity contribution in [2.75, 3.05) is 0 Å². The Kier molecular flexibility index (Phi) is 7.13. The summed E-state index contributed by atoms with van der Waals surface area (Å²) in [5.41, 5.74) is 5.95. The molecule has 0 unspecified atom stereocenters. The molecule has 0 aromatic heterocycles. The van der Waals surface area contributed by atoms with Gasteiger partial charge in [0.2, 0.25) is 0 Å². The van der Waals surface area contributed by atoms with Gasteiger partial charge in [0.15, 0.2) is 4.32 Å². The second-order valence-corrected chi connectivity index (χ2v) is 9.37. The van der Waals surface area contributed by atoms with Crippen LogP contribution in [-0.4, -0.2) is 21.1 Å². The number of amides is 2. The standard InChI is InChI=1S/C25H19ClN2O3S2/c1-16-6-2-3-8-19(16)15-31-21-11-4-7-17(12-21)13-22-24(30)28(25(32)33-22)27-23(29)18-9-5-10-20(26)14-18/h2-14H,15H2,1H3,(H,27,29)/b22-13+. The highest BCUT2D eigenvalue weighted by Crippen LogP contribution is 2.32. The van der Waals surface area contributed by atoms with Gasteiger partial charge in [-0.1, -0.05) is 65.8 Å². The number of carbonyl (C=O) groups is 2. The van der Waals surface area contributed by atoms with Crippen LogP contribution in [-0.2, 0) is 11.4 Å². The van der Waals surface area contributed by atoms with Crippen LogP contribution < -0.4 is 10.2 Å². The fourth-order valence-corrected chi connectivity index (χ4v) is 4.51. The average molecular weight is 495 g/mol. The number of hydrogen-bond donors (Lipinski definition) is 1. The van der Waals surface area contributed by atoms with E-state index in [2.05, 4.69) is 5.43 Å². The van der Waals surface area contributed by atoms with Crippen molar-refractivity contribution in [1.29, 1.82) is 0 Å². The zero-order chi connectivity index (χ0) is 23.4. The third kappa shape index (κ3) is 5.63. The Labute approximate surface area is 206 Å². The fourth-order valence-electron chi connectivity index (χ4n) is 3.14. The van der Waals surface area contributed by atoms with Gasteiger partial charge in [-0.3, -0.25) is 15.0 Å². The summed E-state index contributed by atoms with van der Waals surface area (Å²) in [5, 5.41) is 1.51. The Balaban J connectivity index is 1.45. The van der Waals surface area contributed by atoms with Gasteiger partial charge in [0.1, 0.15) is 12.4 Å². The lowest BCUT2D eigenvalue weighted by molar-refractivity contribution is -0.123. The van der Waals surface area contributed by atoms with Crippen LogP contribution in [0.1, 0.15) is 27.0 Å². The molecule has 0 radical (unpaired) electrons. The van der Waals surface area contributed by atoms with Gasteiger partial charge in [-0.25, -0.2) is 0 Å². The third-order valence-electron chi connectivity index (χ3n) is 4.91. The Hall–Kier alpha value is -3.13. The molecule has 0 aliphatic carbocycles. The van der Waals surface area contributed by atoms with Gasteiger partial charge < -0.3 is 4.74 Å². The molecule has 1 saturated heterocycles. The van der Waals surface area contributed by atoms with Crippen LogP contribution >= 0.6 is 35.6 Å². The van der Waals surface area contributed by atoms with E-state index in [4.69, 9.17) is 28.6 Å². The molecule has 5 nitrogen and oxygen atoms in total. The van der Waals surface area contributed by atoms with Gasteiger partial charge in [0.05, 0.1) is 4.91 Å². The lowest BCUT2D eigenvalue weighted by Gasteiger charge is -2.15. The molecule has 0 atom stereocenters. The molecule has 1 aliphatic rings. The monoisotopic (exact) mass is 494 g/mol. The first-order valence-corrected chi connectivity index (χ1v) is 11.6. The van der Waals surface area contributed by atoms with Gasteiger partial charge in [-0.15, -0.1) is 0 Å². The predicted molar refractivity (Wildman–Crippen MR) is 136 cm³/mol. The number of nitrogens with one attached hydrogen (secondary N) is 1. The van der Waals surface area contributed by atoms with Gasteiger partial charge in [-0.05, 0) is 72.2 Å². The molecule has 1 fully saturated rings. The molecule has 8 heteroatoms. The number of thioether (sulfide) groups is 1. The number of nitrogens with zero attached hydrogens (tertiary/aromatic N) is 1. The lowest BCUT2D eigenvalue weighted by atomic mass is 10.1. The smallest absolute Gasteiger partial charge is 0.285 e. The molecule has 3 aromatic carbocycles. The molecule has 0 bridgehead atoms. The van der Waals surface area contributed by atoms with Gasteiger partial charge in [0.25, 0.3) is 11.8 Å². The van der Waals surface area contributed by atoms with Crippen LogP contribution in [0.4, 0.5) is 0 Å². The van der Waals surface area contributed by atoms with Gasteiger partial charge in [-0.2, -0.15) is 5.01 Å². The number of benzene rings is 3. The van der Waals surface area contributed by atoms with Crippen LogP contribution in [0.15, 0.2) is 77.7 Å². The number of carbonyl (C=O) groups excluding carboxylic acids is 2. The number of rotatable bonds is 6. The van der Waals surface area contributed by atoms with Crippen LogP contribution in [0.25, 0.3) is 6.08 Å². The number of ether oxygens (including phenoxy) is 1. The van der Waals surface area contributed by atoms with Gasteiger partial charge in [0, 0.05) is 10.6 Å². The van der Waals surface area contributed by atoms with Crippen molar-refractivity contribution >= 4 is 57.8 Å². The number of halogens is 1. The first-order valence-electron chi connectivity index (χ1n) is 10.0. The lowest BCUT2D eigenvalue weighted by Crippen LogP contribution is -2.44. The van der Waals surface area contributed by atoms with E-state index < -0.39 is 11.8 Å². The highest BCUT2D eigenvalue weighted by atomic mass is 35.5. The molecule has 33 heavy (non-hydrogen) atoms. The van der Waals surface area contributed by atoms with Crippen molar-refractivity contribution in [2.45, 2.75) is 13.5 Å².